The topological polar surface area (TPSA) is 49.3 Å². The number of rotatable bonds is 1. The summed E-state index contributed by atoms with van der Waals surface area (Å²) >= 11 is 0. The molecule has 0 spiro atoms. The summed E-state index contributed by atoms with van der Waals surface area (Å²) in [7, 11) is 0. The molecular formula is C8H13NO2. The molecule has 3 fully saturated rings. The van der Waals surface area contributed by atoms with Gasteiger partial charge in [0.1, 0.15) is 6.04 Å². The quantitative estimate of drug-likeness (QED) is 0.583. The fourth-order valence-electron chi connectivity index (χ4n) is 2.28. The van der Waals surface area contributed by atoms with Crippen molar-refractivity contribution in [2.75, 3.05) is 0 Å². The first-order valence-electron chi connectivity index (χ1n) is 4.26. The summed E-state index contributed by atoms with van der Waals surface area (Å²) in [5.41, 5.74) is 0. The Morgan fingerprint density at radius 2 is 1.91 bits per heavy atom. The molecule has 3 rings (SSSR count). The smallest absolute Gasteiger partial charge is 0.320 e. The fraction of sp³-hybridized carbons (Fsp3) is 0.875. The second-order valence-corrected chi connectivity index (χ2v) is 3.59. The number of hydrogen-bond acceptors (Lipinski definition) is 2. The molecule has 2 bridgehead atoms. The third-order valence-corrected chi connectivity index (χ3v) is 2.92. The van der Waals surface area contributed by atoms with Crippen LogP contribution < -0.4 is 5.32 Å². The highest BCUT2D eigenvalue weighted by Gasteiger charge is 2.38. The molecule has 0 aromatic carbocycles. The van der Waals surface area contributed by atoms with Gasteiger partial charge in [-0.3, -0.25) is 4.79 Å². The second-order valence-electron chi connectivity index (χ2n) is 3.59. The SMILES string of the molecule is O=C(O)C1NC2CCC1CC2. The summed E-state index contributed by atoms with van der Waals surface area (Å²) < 4.78 is 0. The number of hydrogen-bond donors (Lipinski definition) is 2. The lowest BCUT2D eigenvalue weighted by atomic mass is 9.76. The van der Waals surface area contributed by atoms with Crippen molar-refractivity contribution in [1.29, 1.82) is 0 Å². The summed E-state index contributed by atoms with van der Waals surface area (Å²) in [5.74, 6) is -0.267. The van der Waals surface area contributed by atoms with Gasteiger partial charge >= 0.3 is 5.97 Å². The lowest BCUT2D eigenvalue weighted by Crippen LogP contribution is -2.55. The van der Waals surface area contributed by atoms with Gasteiger partial charge in [-0.1, -0.05) is 0 Å². The fourth-order valence-corrected chi connectivity index (χ4v) is 2.28. The van der Waals surface area contributed by atoms with E-state index in [-0.39, 0.29) is 6.04 Å². The van der Waals surface area contributed by atoms with Gasteiger partial charge in [0.2, 0.25) is 0 Å². The molecular weight excluding hydrogens is 142 g/mol. The number of nitrogens with one attached hydrogen (secondary N) is 1. The number of carboxylic acid groups (broad SMARTS) is 1. The zero-order valence-corrected chi connectivity index (χ0v) is 6.42. The van der Waals surface area contributed by atoms with E-state index in [1.807, 2.05) is 0 Å². The molecule has 2 heterocycles. The third-order valence-electron chi connectivity index (χ3n) is 2.92. The highest BCUT2D eigenvalue weighted by atomic mass is 16.4. The van der Waals surface area contributed by atoms with E-state index < -0.39 is 5.97 Å². The van der Waals surface area contributed by atoms with Gasteiger partial charge in [-0.05, 0) is 31.6 Å². The Hall–Kier alpha value is -0.570. The minimum Gasteiger partial charge on any atom is -0.480 e. The van der Waals surface area contributed by atoms with Crippen LogP contribution in [-0.2, 0) is 4.79 Å². The summed E-state index contributed by atoms with van der Waals surface area (Å²) in [4.78, 5) is 10.7. The van der Waals surface area contributed by atoms with E-state index in [1.54, 1.807) is 0 Å². The second kappa shape index (κ2) is 2.48. The van der Waals surface area contributed by atoms with Gasteiger partial charge in [-0.15, -0.1) is 0 Å². The van der Waals surface area contributed by atoms with Crippen LogP contribution in [0.2, 0.25) is 0 Å². The van der Waals surface area contributed by atoms with Crippen LogP contribution in [0.25, 0.3) is 0 Å². The van der Waals surface area contributed by atoms with E-state index in [2.05, 4.69) is 5.32 Å². The predicted molar refractivity (Wildman–Crippen MR) is 40.3 cm³/mol. The van der Waals surface area contributed by atoms with E-state index in [0.717, 1.165) is 12.8 Å². The van der Waals surface area contributed by atoms with E-state index in [9.17, 15) is 4.79 Å². The molecule has 0 radical (unpaired) electrons. The first-order valence-corrected chi connectivity index (χ1v) is 4.26. The Morgan fingerprint density at radius 1 is 1.27 bits per heavy atom. The standard InChI is InChI=1S/C8H13NO2/c10-8(11)7-5-1-3-6(9-7)4-2-5/h5-7,9H,1-4H2,(H,10,11). The average molecular weight is 155 g/mol. The number of carboxylic acids is 1. The van der Waals surface area contributed by atoms with Gasteiger partial charge < -0.3 is 10.4 Å². The Kier molecular flexibility index (Phi) is 1.60. The third kappa shape index (κ3) is 1.13. The van der Waals surface area contributed by atoms with Crippen molar-refractivity contribution in [1.82, 2.24) is 5.32 Å². The molecule has 0 aromatic heterocycles. The Labute approximate surface area is 65.8 Å². The maximum absolute atomic E-state index is 10.7. The molecule has 3 heteroatoms. The number of aliphatic carboxylic acids is 1. The molecule has 0 aromatic rings. The van der Waals surface area contributed by atoms with Crippen molar-refractivity contribution < 1.29 is 9.90 Å². The van der Waals surface area contributed by atoms with Crippen LogP contribution in [-0.4, -0.2) is 23.2 Å². The first kappa shape index (κ1) is 7.10. The number of carbonyl (C=O) groups is 1. The molecule has 1 aliphatic carbocycles. The van der Waals surface area contributed by atoms with Crippen LogP contribution in [0.3, 0.4) is 0 Å². The highest BCUT2D eigenvalue weighted by Crippen LogP contribution is 2.32. The van der Waals surface area contributed by atoms with Crippen molar-refractivity contribution in [2.24, 2.45) is 5.92 Å². The van der Waals surface area contributed by atoms with Crippen LogP contribution in [0.4, 0.5) is 0 Å². The first-order chi connectivity index (χ1) is 5.27. The molecule has 0 amide bonds. The Balaban J connectivity index is 2.08. The summed E-state index contributed by atoms with van der Waals surface area (Å²) in [6.07, 6.45) is 4.56. The van der Waals surface area contributed by atoms with E-state index >= 15 is 0 Å². The maximum atomic E-state index is 10.7. The highest BCUT2D eigenvalue weighted by molar-refractivity contribution is 5.74. The zero-order chi connectivity index (χ0) is 7.84. The maximum Gasteiger partial charge on any atom is 0.320 e. The molecule has 3 nitrogen and oxygen atoms in total. The lowest BCUT2D eigenvalue weighted by Gasteiger charge is -2.41. The van der Waals surface area contributed by atoms with Crippen molar-refractivity contribution >= 4 is 5.97 Å². The minimum absolute atomic E-state index is 0.248. The van der Waals surface area contributed by atoms with E-state index in [4.69, 9.17) is 5.11 Å². The summed E-state index contributed by atoms with van der Waals surface area (Å²) in [6, 6.07) is 0.239. The molecule has 2 saturated heterocycles. The number of piperidine rings is 2. The van der Waals surface area contributed by atoms with Gasteiger partial charge in [-0.2, -0.15) is 0 Å². The van der Waals surface area contributed by atoms with Gasteiger partial charge in [-0.25, -0.2) is 0 Å². The number of fused-ring (bicyclic) bond motifs is 3. The normalized spacial score (nSPS) is 42.4. The van der Waals surface area contributed by atoms with Gasteiger partial charge in [0.15, 0.2) is 0 Å². The van der Waals surface area contributed by atoms with Gasteiger partial charge in [0.05, 0.1) is 0 Å². The summed E-state index contributed by atoms with van der Waals surface area (Å²) in [5, 5.41) is 12.0. The van der Waals surface area contributed by atoms with E-state index in [1.165, 1.54) is 12.8 Å². The molecule has 62 valence electrons. The molecule has 3 aliphatic rings. The van der Waals surface area contributed by atoms with Gasteiger partial charge in [0.25, 0.3) is 0 Å². The molecule has 2 aliphatic heterocycles. The van der Waals surface area contributed by atoms with Crippen LogP contribution in [0.1, 0.15) is 25.7 Å². The van der Waals surface area contributed by atoms with Crippen molar-refractivity contribution in [3.63, 3.8) is 0 Å². The van der Waals surface area contributed by atoms with Crippen LogP contribution in [0.5, 0.6) is 0 Å². The molecule has 1 unspecified atom stereocenters. The van der Waals surface area contributed by atoms with Crippen molar-refractivity contribution in [3.8, 4) is 0 Å². The lowest BCUT2D eigenvalue weighted by molar-refractivity contribution is -0.143. The monoisotopic (exact) mass is 155 g/mol. The average Bonchev–Trinajstić information content (AvgIpc) is 2.06. The van der Waals surface area contributed by atoms with Crippen molar-refractivity contribution in [2.45, 2.75) is 37.8 Å². The Morgan fingerprint density at radius 3 is 2.18 bits per heavy atom. The largest absolute Gasteiger partial charge is 0.480 e. The molecule has 1 saturated carbocycles. The van der Waals surface area contributed by atoms with Crippen molar-refractivity contribution in [3.05, 3.63) is 0 Å². The zero-order valence-electron chi connectivity index (χ0n) is 6.42. The Bertz CT molecular complexity index is 173. The minimum atomic E-state index is -0.667. The van der Waals surface area contributed by atoms with Crippen LogP contribution in [0, 0.1) is 5.92 Å². The van der Waals surface area contributed by atoms with E-state index in [0.29, 0.717) is 12.0 Å². The van der Waals surface area contributed by atoms with Gasteiger partial charge in [0, 0.05) is 6.04 Å². The molecule has 11 heavy (non-hydrogen) atoms. The summed E-state index contributed by atoms with van der Waals surface area (Å²) in [6.45, 7) is 0. The molecule has 2 N–H and O–H groups in total. The molecule has 1 atom stereocenters. The predicted octanol–water partition coefficient (Wildman–Crippen LogP) is 0.602. The van der Waals surface area contributed by atoms with Crippen LogP contribution in [0.15, 0.2) is 0 Å². The van der Waals surface area contributed by atoms with Crippen LogP contribution >= 0.6 is 0 Å².